The zero-order valence-corrected chi connectivity index (χ0v) is 9.21. The van der Waals surface area contributed by atoms with Crippen molar-refractivity contribution in [3.63, 3.8) is 0 Å². The molecule has 1 nitrogen and oxygen atoms in total. The number of carbonyl (C=O) groups is 1. The lowest BCUT2D eigenvalue weighted by Crippen LogP contribution is -2.06. The lowest BCUT2D eigenvalue weighted by molar-refractivity contribution is 0.0963. The van der Waals surface area contributed by atoms with E-state index in [1.807, 2.05) is 31.2 Å². The highest BCUT2D eigenvalue weighted by Crippen LogP contribution is 2.15. The van der Waals surface area contributed by atoms with Crippen molar-refractivity contribution in [2.75, 3.05) is 0 Å². The maximum absolute atomic E-state index is 11.8. The molecule has 0 fully saturated rings. The molecule has 0 saturated carbocycles. The van der Waals surface area contributed by atoms with Crippen LogP contribution in [0.5, 0.6) is 0 Å². The van der Waals surface area contributed by atoms with Crippen molar-refractivity contribution in [3.05, 3.63) is 35.4 Å². The lowest BCUT2D eigenvalue weighted by atomic mass is 9.95. The maximum Gasteiger partial charge on any atom is 0.163 e. The van der Waals surface area contributed by atoms with Crippen molar-refractivity contribution < 1.29 is 4.79 Å². The lowest BCUT2D eigenvalue weighted by Gasteiger charge is -2.08. The molecule has 1 aromatic carbocycles. The van der Waals surface area contributed by atoms with Gasteiger partial charge in [-0.1, -0.05) is 44.5 Å². The first kappa shape index (κ1) is 11.0. The molecule has 0 aliphatic carbocycles. The molecule has 0 spiro atoms. The van der Waals surface area contributed by atoms with Crippen molar-refractivity contribution in [1.29, 1.82) is 0 Å². The predicted octanol–water partition coefficient (Wildman–Crippen LogP) is 3.61. The predicted molar refractivity (Wildman–Crippen MR) is 59.6 cm³/mol. The molecule has 0 aromatic heterocycles. The van der Waals surface area contributed by atoms with Gasteiger partial charge in [0.25, 0.3) is 0 Å². The Morgan fingerprint density at radius 1 is 1.36 bits per heavy atom. The van der Waals surface area contributed by atoms with Gasteiger partial charge in [-0.15, -0.1) is 0 Å². The van der Waals surface area contributed by atoms with Crippen molar-refractivity contribution in [1.82, 2.24) is 0 Å². The van der Waals surface area contributed by atoms with E-state index in [0.29, 0.717) is 12.3 Å². The summed E-state index contributed by atoms with van der Waals surface area (Å²) in [5, 5.41) is 0. The molecule has 0 N–H and O–H groups in total. The number of Topliss-reactive ketones (excluding diaryl/α,β-unsaturated/α-hetero) is 1. The Morgan fingerprint density at radius 3 is 2.57 bits per heavy atom. The molecular weight excluding hydrogens is 172 g/mol. The Hall–Kier alpha value is -1.11. The maximum atomic E-state index is 11.8. The first-order valence-electron chi connectivity index (χ1n) is 5.24. The molecule has 76 valence electrons. The van der Waals surface area contributed by atoms with Crippen molar-refractivity contribution in [2.24, 2.45) is 5.92 Å². The van der Waals surface area contributed by atoms with Crippen LogP contribution in [0.15, 0.2) is 24.3 Å². The molecule has 14 heavy (non-hydrogen) atoms. The minimum Gasteiger partial charge on any atom is -0.294 e. The number of rotatable bonds is 4. The molecule has 1 unspecified atom stereocenters. The van der Waals surface area contributed by atoms with Crippen LogP contribution in [-0.2, 0) is 0 Å². The second-order valence-electron chi connectivity index (χ2n) is 3.96. The van der Waals surface area contributed by atoms with Gasteiger partial charge in [-0.05, 0) is 18.4 Å². The van der Waals surface area contributed by atoms with Gasteiger partial charge in [-0.3, -0.25) is 4.79 Å². The molecule has 0 heterocycles. The van der Waals surface area contributed by atoms with Gasteiger partial charge in [0.2, 0.25) is 0 Å². The summed E-state index contributed by atoms with van der Waals surface area (Å²) in [5.74, 6) is 0.763. The van der Waals surface area contributed by atoms with Gasteiger partial charge in [0.15, 0.2) is 5.78 Å². The van der Waals surface area contributed by atoms with Gasteiger partial charge in [0.1, 0.15) is 0 Å². The first-order chi connectivity index (χ1) is 6.65. The second kappa shape index (κ2) is 4.94. The molecule has 1 heteroatoms. The van der Waals surface area contributed by atoms with Crippen LogP contribution in [0.2, 0.25) is 0 Å². The molecule has 0 amide bonds. The molecule has 1 rings (SSSR count). The van der Waals surface area contributed by atoms with E-state index in [1.165, 1.54) is 0 Å². The van der Waals surface area contributed by atoms with E-state index in [1.54, 1.807) is 0 Å². The summed E-state index contributed by atoms with van der Waals surface area (Å²) in [4.78, 5) is 11.8. The van der Waals surface area contributed by atoms with Crippen LogP contribution < -0.4 is 0 Å². The Labute approximate surface area is 86.1 Å². The monoisotopic (exact) mass is 190 g/mol. The van der Waals surface area contributed by atoms with E-state index >= 15 is 0 Å². The van der Waals surface area contributed by atoms with Gasteiger partial charge < -0.3 is 0 Å². The third-order valence-corrected chi connectivity index (χ3v) is 2.68. The van der Waals surface area contributed by atoms with Crippen molar-refractivity contribution in [3.8, 4) is 0 Å². The van der Waals surface area contributed by atoms with Gasteiger partial charge in [0.05, 0.1) is 0 Å². The summed E-state index contributed by atoms with van der Waals surface area (Å²) in [6.45, 7) is 6.23. The van der Waals surface area contributed by atoms with Gasteiger partial charge >= 0.3 is 0 Å². The number of carbonyl (C=O) groups excluding carboxylic acids is 1. The minimum atomic E-state index is 0.275. The minimum absolute atomic E-state index is 0.275. The van der Waals surface area contributed by atoms with Gasteiger partial charge in [-0.25, -0.2) is 0 Å². The molecule has 0 saturated heterocycles. The van der Waals surface area contributed by atoms with E-state index in [2.05, 4.69) is 13.8 Å². The smallest absolute Gasteiger partial charge is 0.163 e. The van der Waals surface area contributed by atoms with E-state index in [4.69, 9.17) is 0 Å². The summed E-state index contributed by atoms with van der Waals surface area (Å²) in [6.07, 6.45) is 1.74. The summed E-state index contributed by atoms with van der Waals surface area (Å²) >= 11 is 0. The molecule has 0 aliphatic rings. The van der Waals surface area contributed by atoms with Crippen LogP contribution in [0.1, 0.15) is 42.6 Å². The topological polar surface area (TPSA) is 17.1 Å². The zero-order valence-electron chi connectivity index (χ0n) is 9.21. The van der Waals surface area contributed by atoms with Crippen LogP contribution in [0.3, 0.4) is 0 Å². The Balaban J connectivity index is 2.75. The summed E-state index contributed by atoms with van der Waals surface area (Å²) in [5.41, 5.74) is 1.97. The number of hydrogen-bond donors (Lipinski definition) is 0. The molecule has 0 bridgehead atoms. The highest BCUT2D eigenvalue weighted by molar-refractivity contribution is 5.97. The fourth-order valence-electron chi connectivity index (χ4n) is 1.46. The van der Waals surface area contributed by atoms with Gasteiger partial charge in [-0.2, -0.15) is 0 Å². The number of hydrogen-bond acceptors (Lipinski definition) is 1. The largest absolute Gasteiger partial charge is 0.294 e. The normalized spacial score (nSPS) is 12.5. The number of aryl methyl sites for hydroxylation is 1. The van der Waals surface area contributed by atoms with Crippen molar-refractivity contribution in [2.45, 2.75) is 33.6 Å². The van der Waals surface area contributed by atoms with E-state index in [0.717, 1.165) is 17.5 Å². The summed E-state index contributed by atoms with van der Waals surface area (Å²) < 4.78 is 0. The van der Waals surface area contributed by atoms with Crippen molar-refractivity contribution >= 4 is 5.78 Å². The SMILES string of the molecule is CCC(C)CC(=O)c1ccccc1C. The van der Waals surface area contributed by atoms with Crippen LogP contribution in [0.25, 0.3) is 0 Å². The van der Waals surface area contributed by atoms with Crippen LogP contribution in [0, 0.1) is 12.8 Å². The average molecular weight is 190 g/mol. The molecular formula is C13H18O. The van der Waals surface area contributed by atoms with Crippen LogP contribution >= 0.6 is 0 Å². The molecule has 1 aromatic rings. The van der Waals surface area contributed by atoms with E-state index in [9.17, 15) is 4.79 Å². The summed E-state index contributed by atoms with van der Waals surface area (Å²) in [7, 11) is 0. The highest BCUT2D eigenvalue weighted by Gasteiger charge is 2.11. The third kappa shape index (κ3) is 2.69. The fraction of sp³-hybridized carbons (Fsp3) is 0.462. The average Bonchev–Trinajstić information content (AvgIpc) is 2.18. The highest BCUT2D eigenvalue weighted by atomic mass is 16.1. The van der Waals surface area contributed by atoms with Crippen LogP contribution in [0.4, 0.5) is 0 Å². The number of ketones is 1. The third-order valence-electron chi connectivity index (χ3n) is 2.68. The van der Waals surface area contributed by atoms with Crippen LogP contribution in [-0.4, -0.2) is 5.78 Å². The van der Waals surface area contributed by atoms with Gasteiger partial charge in [0, 0.05) is 12.0 Å². The molecule has 1 atom stereocenters. The standard InChI is InChI=1S/C13H18O/c1-4-10(2)9-13(14)12-8-6-5-7-11(12)3/h5-8,10H,4,9H2,1-3H3. The second-order valence-corrected chi connectivity index (χ2v) is 3.96. The molecule has 0 aliphatic heterocycles. The Morgan fingerprint density at radius 2 is 2.00 bits per heavy atom. The first-order valence-corrected chi connectivity index (χ1v) is 5.24. The Kier molecular flexibility index (Phi) is 3.87. The van der Waals surface area contributed by atoms with E-state index in [-0.39, 0.29) is 5.78 Å². The zero-order chi connectivity index (χ0) is 10.6. The number of benzene rings is 1. The fourth-order valence-corrected chi connectivity index (χ4v) is 1.46. The quantitative estimate of drug-likeness (QED) is 0.663. The van der Waals surface area contributed by atoms with E-state index < -0.39 is 0 Å². The summed E-state index contributed by atoms with van der Waals surface area (Å²) in [6, 6.07) is 7.80. The Bertz CT molecular complexity index is 315. The molecule has 0 radical (unpaired) electrons.